The van der Waals surface area contributed by atoms with Crippen LogP contribution in [0.2, 0.25) is 5.02 Å². The van der Waals surface area contributed by atoms with Crippen molar-refractivity contribution in [3.05, 3.63) is 62.4 Å². The van der Waals surface area contributed by atoms with Gasteiger partial charge in [-0.2, -0.15) is 0 Å². The molecule has 0 radical (unpaired) electrons. The standard InChI is InChI=1S/C16H12ClIN2O/c1-20-14-5-3-2-4-13(14)19-16(20)9-15(21)11-8-10(17)6-7-12(11)18/h2-8H,9H2,1H3. The summed E-state index contributed by atoms with van der Waals surface area (Å²) in [5.41, 5.74) is 2.58. The number of rotatable bonds is 3. The molecule has 3 aromatic rings. The van der Waals surface area contributed by atoms with E-state index in [1.165, 1.54) is 0 Å². The van der Waals surface area contributed by atoms with Crippen molar-refractivity contribution in [2.75, 3.05) is 0 Å². The molecule has 0 amide bonds. The van der Waals surface area contributed by atoms with E-state index in [9.17, 15) is 4.79 Å². The Morgan fingerprint density at radius 3 is 2.81 bits per heavy atom. The first-order chi connectivity index (χ1) is 10.1. The first-order valence-corrected chi connectivity index (χ1v) is 7.90. The summed E-state index contributed by atoms with van der Waals surface area (Å²) in [7, 11) is 1.93. The lowest BCUT2D eigenvalue weighted by molar-refractivity contribution is 0.0989. The average Bonchev–Trinajstić information content (AvgIpc) is 2.78. The number of nitrogens with zero attached hydrogens (tertiary/aromatic N) is 2. The summed E-state index contributed by atoms with van der Waals surface area (Å²) in [4.78, 5) is 17.0. The zero-order valence-corrected chi connectivity index (χ0v) is 14.2. The quantitative estimate of drug-likeness (QED) is 0.478. The van der Waals surface area contributed by atoms with Crippen LogP contribution in [0.25, 0.3) is 11.0 Å². The molecule has 0 aliphatic carbocycles. The first-order valence-electron chi connectivity index (χ1n) is 6.45. The number of para-hydroxylation sites is 2. The minimum Gasteiger partial charge on any atom is -0.331 e. The van der Waals surface area contributed by atoms with Crippen molar-refractivity contribution in [3.63, 3.8) is 0 Å². The van der Waals surface area contributed by atoms with Crippen molar-refractivity contribution >= 4 is 51.0 Å². The summed E-state index contributed by atoms with van der Waals surface area (Å²) >= 11 is 8.13. The fraction of sp³-hybridized carbons (Fsp3) is 0.125. The lowest BCUT2D eigenvalue weighted by atomic mass is 10.1. The summed E-state index contributed by atoms with van der Waals surface area (Å²) in [6, 6.07) is 13.2. The van der Waals surface area contributed by atoms with Crippen molar-refractivity contribution in [1.82, 2.24) is 9.55 Å². The van der Waals surface area contributed by atoms with Gasteiger partial charge in [-0.3, -0.25) is 4.79 Å². The Hall–Kier alpha value is -1.40. The molecular weight excluding hydrogens is 399 g/mol. The minimum absolute atomic E-state index is 0.0281. The van der Waals surface area contributed by atoms with E-state index in [4.69, 9.17) is 11.6 Å². The van der Waals surface area contributed by atoms with Gasteiger partial charge in [0, 0.05) is 21.2 Å². The number of aromatic nitrogens is 2. The summed E-state index contributed by atoms with van der Waals surface area (Å²) in [5, 5.41) is 0.573. The van der Waals surface area contributed by atoms with Gasteiger partial charge in [-0.25, -0.2) is 4.98 Å². The van der Waals surface area contributed by atoms with Crippen LogP contribution in [0, 0.1) is 3.57 Å². The van der Waals surface area contributed by atoms with Crippen molar-refractivity contribution < 1.29 is 4.79 Å². The Labute approximate surface area is 141 Å². The molecular formula is C16H12ClIN2O. The topological polar surface area (TPSA) is 34.9 Å². The maximum atomic E-state index is 12.5. The molecule has 0 atom stereocenters. The maximum absolute atomic E-state index is 12.5. The summed E-state index contributed by atoms with van der Waals surface area (Å²) in [5.74, 6) is 0.789. The fourth-order valence-corrected chi connectivity index (χ4v) is 3.11. The zero-order chi connectivity index (χ0) is 15.0. The minimum atomic E-state index is 0.0281. The van der Waals surface area contributed by atoms with Gasteiger partial charge in [0.15, 0.2) is 5.78 Å². The van der Waals surface area contributed by atoms with Crippen LogP contribution >= 0.6 is 34.2 Å². The molecule has 0 aliphatic heterocycles. The number of ketones is 1. The molecule has 3 nitrogen and oxygen atoms in total. The Kier molecular flexibility index (Phi) is 3.99. The van der Waals surface area contributed by atoms with E-state index in [2.05, 4.69) is 27.6 Å². The number of carbonyl (C=O) groups excluding carboxylic acids is 1. The highest BCUT2D eigenvalue weighted by Crippen LogP contribution is 2.21. The number of halogens is 2. The van der Waals surface area contributed by atoms with E-state index >= 15 is 0 Å². The second-order valence-electron chi connectivity index (χ2n) is 4.80. The van der Waals surface area contributed by atoms with Crippen LogP contribution in [0.4, 0.5) is 0 Å². The van der Waals surface area contributed by atoms with Crippen molar-refractivity contribution in [1.29, 1.82) is 0 Å². The number of carbonyl (C=O) groups is 1. The third kappa shape index (κ3) is 2.82. The predicted octanol–water partition coefficient (Wildman–Crippen LogP) is 4.26. The lowest BCUT2D eigenvalue weighted by Gasteiger charge is -2.05. The van der Waals surface area contributed by atoms with Gasteiger partial charge >= 0.3 is 0 Å². The van der Waals surface area contributed by atoms with Crippen LogP contribution in [-0.2, 0) is 13.5 Å². The van der Waals surface area contributed by atoms with Crippen LogP contribution in [-0.4, -0.2) is 15.3 Å². The van der Waals surface area contributed by atoms with Gasteiger partial charge in [0.25, 0.3) is 0 Å². The summed E-state index contributed by atoms with van der Waals surface area (Å²) in [6.45, 7) is 0. The highest BCUT2D eigenvalue weighted by molar-refractivity contribution is 14.1. The highest BCUT2D eigenvalue weighted by Gasteiger charge is 2.15. The molecule has 106 valence electrons. The van der Waals surface area contributed by atoms with Gasteiger partial charge in [0.05, 0.1) is 17.5 Å². The lowest BCUT2D eigenvalue weighted by Crippen LogP contribution is -2.09. The SMILES string of the molecule is Cn1c(CC(=O)c2cc(Cl)ccc2I)nc2ccccc21. The summed E-state index contributed by atoms with van der Waals surface area (Å²) < 4.78 is 2.87. The number of Topliss-reactive ketones (excluding diaryl/α,β-unsaturated/α-hetero) is 1. The van der Waals surface area contributed by atoms with Crippen LogP contribution in [0.5, 0.6) is 0 Å². The monoisotopic (exact) mass is 410 g/mol. The molecule has 1 aromatic heterocycles. The van der Waals surface area contributed by atoms with Gasteiger partial charge in [0.1, 0.15) is 5.82 Å². The van der Waals surface area contributed by atoms with Crippen LogP contribution in [0.3, 0.4) is 0 Å². The van der Waals surface area contributed by atoms with Crippen molar-refractivity contribution in [2.45, 2.75) is 6.42 Å². The fourth-order valence-electron chi connectivity index (χ4n) is 2.30. The van der Waals surface area contributed by atoms with Gasteiger partial charge in [0.2, 0.25) is 0 Å². The van der Waals surface area contributed by atoms with Crippen molar-refractivity contribution in [2.24, 2.45) is 7.05 Å². The molecule has 1 heterocycles. The smallest absolute Gasteiger partial charge is 0.171 e. The number of fused-ring (bicyclic) bond motifs is 1. The molecule has 0 aliphatic rings. The molecule has 2 aromatic carbocycles. The normalized spacial score (nSPS) is 11.0. The molecule has 0 N–H and O–H groups in total. The molecule has 0 bridgehead atoms. The number of aryl methyl sites for hydroxylation is 1. The second-order valence-corrected chi connectivity index (χ2v) is 6.40. The average molecular weight is 411 g/mol. The zero-order valence-electron chi connectivity index (χ0n) is 11.3. The van der Waals surface area contributed by atoms with E-state index in [-0.39, 0.29) is 12.2 Å². The predicted molar refractivity (Wildman–Crippen MR) is 92.9 cm³/mol. The number of hydrogen-bond donors (Lipinski definition) is 0. The van der Waals surface area contributed by atoms with Crippen LogP contribution < -0.4 is 0 Å². The van der Waals surface area contributed by atoms with Gasteiger partial charge in [-0.05, 0) is 52.9 Å². The van der Waals surface area contributed by atoms with E-state index in [0.29, 0.717) is 10.6 Å². The molecule has 0 unspecified atom stereocenters. The molecule has 3 rings (SSSR count). The summed E-state index contributed by atoms with van der Waals surface area (Å²) in [6.07, 6.45) is 0.265. The Balaban J connectivity index is 1.96. The third-order valence-electron chi connectivity index (χ3n) is 3.43. The van der Waals surface area contributed by atoms with E-state index in [0.717, 1.165) is 20.4 Å². The van der Waals surface area contributed by atoms with Gasteiger partial charge in [-0.15, -0.1) is 0 Å². The molecule has 5 heteroatoms. The van der Waals surface area contributed by atoms with Gasteiger partial charge < -0.3 is 4.57 Å². The Bertz CT molecular complexity index is 841. The molecule has 21 heavy (non-hydrogen) atoms. The molecule has 0 saturated carbocycles. The second kappa shape index (κ2) is 5.77. The van der Waals surface area contributed by atoms with E-state index < -0.39 is 0 Å². The largest absolute Gasteiger partial charge is 0.331 e. The van der Waals surface area contributed by atoms with Crippen LogP contribution in [0.15, 0.2) is 42.5 Å². The Morgan fingerprint density at radius 2 is 2.05 bits per heavy atom. The number of benzene rings is 2. The molecule has 0 fully saturated rings. The van der Waals surface area contributed by atoms with Gasteiger partial charge in [-0.1, -0.05) is 23.7 Å². The number of imidazole rings is 1. The molecule has 0 spiro atoms. The highest BCUT2D eigenvalue weighted by atomic mass is 127. The van der Waals surface area contributed by atoms with Crippen LogP contribution in [0.1, 0.15) is 16.2 Å². The van der Waals surface area contributed by atoms with E-state index in [1.54, 1.807) is 12.1 Å². The third-order valence-corrected chi connectivity index (χ3v) is 4.60. The van der Waals surface area contributed by atoms with E-state index in [1.807, 2.05) is 41.9 Å². The maximum Gasteiger partial charge on any atom is 0.171 e. The van der Waals surface area contributed by atoms with Crippen molar-refractivity contribution in [3.8, 4) is 0 Å². The first kappa shape index (κ1) is 14.5. The Morgan fingerprint density at radius 1 is 1.29 bits per heavy atom. The number of hydrogen-bond acceptors (Lipinski definition) is 2. The molecule has 0 saturated heterocycles.